The molecule has 196 valence electrons. The largest absolute Gasteiger partial charge is 0.444 e. The van der Waals surface area contributed by atoms with Crippen LogP contribution in [0, 0.1) is 5.41 Å². The molecule has 0 spiro atoms. The monoisotopic (exact) mass is 507 g/mol. The number of likely N-dealkylation sites (tertiary alicyclic amines) is 1. The molecule has 3 amide bonds. The van der Waals surface area contributed by atoms with E-state index in [1.807, 2.05) is 60.7 Å². The molecule has 37 heavy (non-hydrogen) atoms. The van der Waals surface area contributed by atoms with Gasteiger partial charge in [-0.2, -0.15) is 0 Å². The van der Waals surface area contributed by atoms with Gasteiger partial charge in [-0.3, -0.25) is 15.0 Å². The van der Waals surface area contributed by atoms with Gasteiger partial charge < -0.3 is 25.5 Å². The molecule has 1 fully saturated rings. The number of nitrogens with zero attached hydrogens (tertiary/aromatic N) is 2. The number of amides is 3. The lowest BCUT2D eigenvalue weighted by molar-refractivity contribution is -0.138. The van der Waals surface area contributed by atoms with E-state index in [-0.39, 0.29) is 37.8 Å². The average molecular weight is 508 g/mol. The highest BCUT2D eigenvalue weighted by molar-refractivity contribution is 5.91. The first kappa shape index (κ1) is 27.4. The van der Waals surface area contributed by atoms with Crippen LogP contribution in [-0.2, 0) is 32.1 Å². The van der Waals surface area contributed by atoms with Crippen molar-refractivity contribution in [2.75, 3.05) is 13.1 Å². The Labute approximate surface area is 216 Å². The summed E-state index contributed by atoms with van der Waals surface area (Å²) in [5.74, 6) is -0.970. The summed E-state index contributed by atoms with van der Waals surface area (Å²) in [6.07, 6.45) is 1.85. The second-order valence-corrected chi connectivity index (χ2v) is 8.88. The smallest absolute Gasteiger partial charge is 0.416 e. The molecule has 1 aliphatic rings. The molecule has 4 N–H and O–H groups in total. The number of benzene rings is 2. The molecule has 0 unspecified atom stereocenters. The van der Waals surface area contributed by atoms with Crippen LogP contribution in [0.15, 0.2) is 60.7 Å². The van der Waals surface area contributed by atoms with Crippen LogP contribution < -0.4 is 11.1 Å². The molecule has 0 aliphatic carbocycles. The predicted molar refractivity (Wildman–Crippen MR) is 137 cm³/mol. The Morgan fingerprint density at radius 2 is 1.76 bits per heavy atom. The quantitative estimate of drug-likeness (QED) is 0.241. The molecule has 0 saturated carbocycles. The molecule has 2 aromatic carbocycles. The van der Waals surface area contributed by atoms with Crippen molar-refractivity contribution in [2.45, 2.75) is 50.8 Å². The minimum absolute atomic E-state index is 0.0390. The Morgan fingerprint density at radius 1 is 1.11 bits per heavy atom. The summed E-state index contributed by atoms with van der Waals surface area (Å²) in [6.45, 7) is 0.583. The standard InChI is InChI=1S/C27H33N5O5/c28-26(29)32(27(36)37-19-21-11-5-2-6-12-21)16-7-13-22(18-33)30-25(35)23-14-8-15-31(23)24(34)17-20-9-3-1-4-10-20/h1-6,9-12,18,22-23H,7-8,13-17,19H2,(H3,28,29)(H,30,35)/t22-,23-/m0/s1. The fourth-order valence-corrected chi connectivity index (χ4v) is 4.24. The maximum Gasteiger partial charge on any atom is 0.416 e. The summed E-state index contributed by atoms with van der Waals surface area (Å²) in [5, 5.41) is 10.4. The van der Waals surface area contributed by atoms with E-state index in [1.165, 1.54) is 0 Å². The van der Waals surface area contributed by atoms with E-state index in [1.54, 1.807) is 4.90 Å². The van der Waals surface area contributed by atoms with Gasteiger partial charge in [0.25, 0.3) is 0 Å². The summed E-state index contributed by atoms with van der Waals surface area (Å²) in [6, 6.07) is 17.0. The van der Waals surface area contributed by atoms with Gasteiger partial charge >= 0.3 is 6.09 Å². The van der Waals surface area contributed by atoms with Gasteiger partial charge in [0.15, 0.2) is 5.96 Å². The molecular formula is C27H33N5O5. The molecule has 0 aromatic heterocycles. The van der Waals surface area contributed by atoms with Crippen LogP contribution in [0.5, 0.6) is 0 Å². The van der Waals surface area contributed by atoms with Gasteiger partial charge in [0.2, 0.25) is 11.8 Å². The summed E-state index contributed by atoms with van der Waals surface area (Å²) >= 11 is 0. The predicted octanol–water partition coefficient (Wildman–Crippen LogP) is 2.22. The van der Waals surface area contributed by atoms with E-state index in [9.17, 15) is 19.2 Å². The number of carbonyl (C=O) groups is 4. The number of nitrogens with two attached hydrogens (primary N) is 1. The maximum absolute atomic E-state index is 12.9. The first-order chi connectivity index (χ1) is 17.9. The zero-order chi connectivity index (χ0) is 26.6. The van der Waals surface area contributed by atoms with Crippen LogP contribution in [-0.4, -0.2) is 65.1 Å². The first-order valence-corrected chi connectivity index (χ1v) is 12.3. The molecule has 3 rings (SSSR count). The van der Waals surface area contributed by atoms with E-state index in [0.29, 0.717) is 32.1 Å². The topological polar surface area (TPSA) is 146 Å². The zero-order valence-corrected chi connectivity index (χ0v) is 20.7. The summed E-state index contributed by atoms with van der Waals surface area (Å²) in [5.41, 5.74) is 7.22. The van der Waals surface area contributed by atoms with Crippen LogP contribution >= 0.6 is 0 Å². The summed E-state index contributed by atoms with van der Waals surface area (Å²) < 4.78 is 5.23. The SMILES string of the molecule is N=C(N)N(CCC[C@@H](C=O)NC(=O)[C@@H]1CCCN1C(=O)Cc1ccccc1)C(=O)OCc1ccccc1. The number of hydrogen-bond donors (Lipinski definition) is 3. The Bertz CT molecular complexity index is 1080. The van der Waals surface area contributed by atoms with E-state index >= 15 is 0 Å². The van der Waals surface area contributed by atoms with Gasteiger partial charge in [-0.15, -0.1) is 0 Å². The molecule has 0 bridgehead atoms. The van der Waals surface area contributed by atoms with E-state index in [2.05, 4.69) is 5.32 Å². The number of rotatable bonds is 11. The lowest BCUT2D eigenvalue weighted by Gasteiger charge is -2.26. The van der Waals surface area contributed by atoms with Gasteiger partial charge in [-0.25, -0.2) is 9.69 Å². The lowest BCUT2D eigenvalue weighted by atomic mass is 10.1. The first-order valence-electron chi connectivity index (χ1n) is 12.3. The van der Waals surface area contributed by atoms with Gasteiger partial charge in [0.05, 0.1) is 12.5 Å². The third-order valence-corrected chi connectivity index (χ3v) is 6.18. The minimum atomic E-state index is -0.798. The van der Waals surface area contributed by atoms with Crippen molar-refractivity contribution in [2.24, 2.45) is 5.73 Å². The minimum Gasteiger partial charge on any atom is -0.444 e. The Kier molecular flexibility index (Phi) is 10.2. The number of nitrogens with one attached hydrogen (secondary N) is 2. The molecule has 1 aliphatic heterocycles. The van der Waals surface area contributed by atoms with Crippen LogP contribution in [0.4, 0.5) is 4.79 Å². The third kappa shape index (κ3) is 8.16. The Morgan fingerprint density at radius 3 is 2.38 bits per heavy atom. The van der Waals surface area contributed by atoms with Gasteiger partial charge in [-0.05, 0) is 36.8 Å². The van der Waals surface area contributed by atoms with Gasteiger partial charge in [0.1, 0.15) is 18.9 Å². The van der Waals surface area contributed by atoms with Gasteiger partial charge in [-0.1, -0.05) is 60.7 Å². The molecule has 2 atom stereocenters. The van der Waals surface area contributed by atoms with Crippen LogP contribution in [0.2, 0.25) is 0 Å². The Balaban J connectivity index is 1.47. The van der Waals surface area contributed by atoms with Crippen molar-refractivity contribution in [3.8, 4) is 0 Å². The summed E-state index contributed by atoms with van der Waals surface area (Å²) in [4.78, 5) is 52.3. The molecule has 0 radical (unpaired) electrons. The molecule has 10 heteroatoms. The number of guanidine groups is 1. The second-order valence-electron chi connectivity index (χ2n) is 8.88. The maximum atomic E-state index is 12.9. The third-order valence-electron chi connectivity index (χ3n) is 6.18. The van der Waals surface area contributed by atoms with Crippen molar-refractivity contribution in [3.63, 3.8) is 0 Å². The summed E-state index contributed by atoms with van der Waals surface area (Å²) in [7, 11) is 0. The fraction of sp³-hybridized carbons (Fsp3) is 0.370. The van der Waals surface area contributed by atoms with Crippen LogP contribution in [0.3, 0.4) is 0 Å². The highest BCUT2D eigenvalue weighted by Gasteiger charge is 2.34. The normalized spacial score (nSPS) is 15.5. The molecular weight excluding hydrogens is 474 g/mol. The van der Waals surface area contributed by atoms with E-state index in [0.717, 1.165) is 16.0 Å². The zero-order valence-electron chi connectivity index (χ0n) is 20.7. The highest BCUT2D eigenvalue weighted by Crippen LogP contribution is 2.19. The molecule has 1 heterocycles. The fourth-order valence-electron chi connectivity index (χ4n) is 4.24. The van der Waals surface area contributed by atoms with E-state index < -0.39 is 24.1 Å². The number of carbonyl (C=O) groups excluding carboxylic acids is 4. The highest BCUT2D eigenvalue weighted by atomic mass is 16.6. The number of ether oxygens (including phenoxy) is 1. The van der Waals surface area contributed by atoms with Crippen molar-refractivity contribution in [3.05, 3.63) is 71.8 Å². The number of hydrogen-bond acceptors (Lipinski definition) is 6. The van der Waals surface area contributed by atoms with Crippen molar-refractivity contribution in [1.82, 2.24) is 15.1 Å². The van der Waals surface area contributed by atoms with Crippen molar-refractivity contribution >= 4 is 30.2 Å². The molecule has 2 aromatic rings. The van der Waals surface area contributed by atoms with E-state index in [4.69, 9.17) is 15.9 Å². The molecule has 10 nitrogen and oxygen atoms in total. The van der Waals surface area contributed by atoms with Crippen molar-refractivity contribution < 1.29 is 23.9 Å². The second kappa shape index (κ2) is 13.8. The number of aldehydes is 1. The van der Waals surface area contributed by atoms with Crippen LogP contribution in [0.1, 0.15) is 36.8 Å². The Hall–Kier alpha value is -4.21. The molecule has 1 saturated heterocycles. The lowest BCUT2D eigenvalue weighted by Crippen LogP contribution is -2.49. The average Bonchev–Trinajstić information content (AvgIpc) is 3.40. The van der Waals surface area contributed by atoms with Crippen molar-refractivity contribution in [1.29, 1.82) is 5.41 Å². The van der Waals surface area contributed by atoms with Crippen LogP contribution in [0.25, 0.3) is 0 Å². The van der Waals surface area contributed by atoms with Gasteiger partial charge in [0, 0.05) is 13.1 Å².